The van der Waals surface area contributed by atoms with Crippen LogP contribution in [0.25, 0.3) is 0 Å². The Morgan fingerprint density at radius 3 is 2.65 bits per heavy atom. The molecule has 0 atom stereocenters. The summed E-state index contributed by atoms with van der Waals surface area (Å²) < 4.78 is 0. The van der Waals surface area contributed by atoms with E-state index in [1.165, 1.54) is 5.38 Å². The number of carbonyl (C=O) groups is 3. The molecule has 1 aromatic rings. The highest BCUT2D eigenvalue weighted by atomic mass is 32.1. The number of likely N-dealkylation sites (tertiary alicyclic amines) is 1. The number of carboxylic acids is 1. The van der Waals surface area contributed by atoms with Gasteiger partial charge in [0.05, 0.1) is 0 Å². The van der Waals surface area contributed by atoms with Gasteiger partial charge in [-0.15, -0.1) is 11.3 Å². The highest BCUT2D eigenvalue weighted by Gasteiger charge is 2.18. The fourth-order valence-electron chi connectivity index (χ4n) is 1.96. The lowest BCUT2D eigenvalue weighted by Gasteiger charge is -2.14. The Labute approximate surface area is 119 Å². The van der Waals surface area contributed by atoms with Gasteiger partial charge in [-0.3, -0.25) is 9.59 Å². The SMILES string of the molecule is O=C(O)c1csc(C(=O)NCCC(=O)N2CCCC2)n1. The normalized spacial score (nSPS) is 14.3. The van der Waals surface area contributed by atoms with Gasteiger partial charge < -0.3 is 15.3 Å². The van der Waals surface area contributed by atoms with Crippen LogP contribution in [0.4, 0.5) is 0 Å². The Morgan fingerprint density at radius 2 is 2.05 bits per heavy atom. The van der Waals surface area contributed by atoms with Crippen LogP contribution in [0.15, 0.2) is 5.38 Å². The van der Waals surface area contributed by atoms with Gasteiger partial charge >= 0.3 is 5.97 Å². The number of aromatic nitrogens is 1. The zero-order valence-electron chi connectivity index (χ0n) is 10.8. The minimum absolute atomic E-state index is 0.0353. The van der Waals surface area contributed by atoms with Crippen molar-refractivity contribution in [3.63, 3.8) is 0 Å². The number of thiazole rings is 1. The average molecular weight is 297 g/mol. The first-order valence-electron chi connectivity index (χ1n) is 6.32. The lowest BCUT2D eigenvalue weighted by molar-refractivity contribution is -0.129. The van der Waals surface area contributed by atoms with Gasteiger partial charge in [0, 0.05) is 31.4 Å². The molecule has 7 nitrogen and oxygen atoms in total. The fourth-order valence-corrected chi connectivity index (χ4v) is 2.67. The van der Waals surface area contributed by atoms with E-state index in [0.717, 1.165) is 37.3 Å². The van der Waals surface area contributed by atoms with Crippen LogP contribution in [0.2, 0.25) is 0 Å². The lowest BCUT2D eigenvalue weighted by atomic mass is 10.3. The minimum Gasteiger partial charge on any atom is -0.476 e. The van der Waals surface area contributed by atoms with E-state index in [9.17, 15) is 14.4 Å². The van der Waals surface area contributed by atoms with Crippen LogP contribution in [0.5, 0.6) is 0 Å². The van der Waals surface area contributed by atoms with Gasteiger partial charge in [-0.05, 0) is 12.8 Å². The molecule has 0 bridgehead atoms. The van der Waals surface area contributed by atoms with Gasteiger partial charge in [0.2, 0.25) is 5.91 Å². The summed E-state index contributed by atoms with van der Waals surface area (Å²) >= 11 is 0.971. The summed E-state index contributed by atoms with van der Waals surface area (Å²) in [4.78, 5) is 39.6. The highest BCUT2D eigenvalue weighted by molar-refractivity contribution is 7.11. The third-order valence-electron chi connectivity index (χ3n) is 3.00. The van der Waals surface area contributed by atoms with E-state index in [2.05, 4.69) is 10.3 Å². The van der Waals surface area contributed by atoms with Crippen LogP contribution >= 0.6 is 11.3 Å². The van der Waals surface area contributed by atoms with Crippen LogP contribution in [0, 0.1) is 0 Å². The van der Waals surface area contributed by atoms with Crippen LogP contribution in [0.1, 0.15) is 39.6 Å². The van der Waals surface area contributed by atoms with Crippen molar-refractivity contribution < 1.29 is 19.5 Å². The number of aromatic carboxylic acids is 1. The minimum atomic E-state index is -1.16. The standard InChI is InChI=1S/C12H15N3O4S/c16-9(15-5-1-2-6-15)3-4-13-10(17)11-14-8(7-20-11)12(18)19/h7H,1-6H2,(H,13,17)(H,18,19). The summed E-state index contributed by atoms with van der Waals surface area (Å²) in [5, 5.41) is 12.7. The summed E-state index contributed by atoms with van der Waals surface area (Å²) in [5.74, 6) is -1.57. The van der Waals surface area contributed by atoms with Gasteiger partial charge in [-0.2, -0.15) is 0 Å². The second-order valence-electron chi connectivity index (χ2n) is 4.44. The van der Waals surface area contributed by atoms with Crippen molar-refractivity contribution >= 4 is 29.1 Å². The quantitative estimate of drug-likeness (QED) is 0.828. The van der Waals surface area contributed by atoms with E-state index in [1.807, 2.05) is 0 Å². The predicted molar refractivity (Wildman–Crippen MR) is 71.8 cm³/mol. The molecular weight excluding hydrogens is 282 g/mol. The first kappa shape index (κ1) is 14.4. The molecule has 1 aromatic heterocycles. The van der Waals surface area contributed by atoms with Crippen molar-refractivity contribution in [3.8, 4) is 0 Å². The molecule has 2 amide bonds. The van der Waals surface area contributed by atoms with Crippen LogP contribution in [-0.2, 0) is 4.79 Å². The van der Waals surface area contributed by atoms with Crippen molar-refractivity contribution in [2.45, 2.75) is 19.3 Å². The van der Waals surface area contributed by atoms with E-state index in [1.54, 1.807) is 4.90 Å². The second-order valence-corrected chi connectivity index (χ2v) is 5.29. The van der Waals surface area contributed by atoms with Crippen molar-refractivity contribution in [3.05, 3.63) is 16.1 Å². The van der Waals surface area contributed by atoms with Crippen LogP contribution in [-0.4, -0.2) is 52.4 Å². The molecule has 2 N–H and O–H groups in total. The Bertz CT molecular complexity index is 523. The summed E-state index contributed by atoms with van der Waals surface area (Å²) in [6, 6.07) is 0. The summed E-state index contributed by atoms with van der Waals surface area (Å²) in [6.07, 6.45) is 2.33. The molecule has 8 heteroatoms. The van der Waals surface area contributed by atoms with Crippen molar-refractivity contribution in [1.29, 1.82) is 0 Å². The molecular formula is C12H15N3O4S. The molecule has 1 fully saturated rings. The van der Waals surface area contributed by atoms with Crippen LogP contribution < -0.4 is 5.32 Å². The first-order chi connectivity index (χ1) is 9.58. The molecule has 0 aromatic carbocycles. The molecule has 108 valence electrons. The van der Waals surface area contributed by atoms with Crippen molar-refractivity contribution in [1.82, 2.24) is 15.2 Å². The summed E-state index contributed by atoms with van der Waals surface area (Å²) in [5.41, 5.74) is -0.145. The number of carboxylic acid groups (broad SMARTS) is 1. The highest BCUT2D eigenvalue weighted by Crippen LogP contribution is 2.10. The zero-order valence-corrected chi connectivity index (χ0v) is 11.6. The van der Waals surface area contributed by atoms with E-state index < -0.39 is 11.9 Å². The smallest absolute Gasteiger partial charge is 0.355 e. The fraction of sp³-hybridized carbons (Fsp3) is 0.500. The third kappa shape index (κ3) is 3.53. The molecule has 0 saturated carbocycles. The number of amides is 2. The summed E-state index contributed by atoms with van der Waals surface area (Å²) in [6.45, 7) is 1.82. The molecule has 1 saturated heterocycles. The molecule has 0 aliphatic carbocycles. The van der Waals surface area contributed by atoms with Crippen LogP contribution in [0.3, 0.4) is 0 Å². The molecule has 2 rings (SSSR count). The molecule has 0 unspecified atom stereocenters. The van der Waals surface area contributed by atoms with Gasteiger partial charge in [0.1, 0.15) is 0 Å². The van der Waals surface area contributed by atoms with Gasteiger partial charge in [0.25, 0.3) is 5.91 Å². The largest absolute Gasteiger partial charge is 0.476 e. The number of hydrogen-bond acceptors (Lipinski definition) is 5. The number of nitrogens with zero attached hydrogens (tertiary/aromatic N) is 2. The number of carbonyl (C=O) groups excluding carboxylic acids is 2. The van der Waals surface area contributed by atoms with Gasteiger partial charge in [0.15, 0.2) is 10.7 Å². The topological polar surface area (TPSA) is 99.6 Å². The third-order valence-corrected chi connectivity index (χ3v) is 3.84. The Hall–Kier alpha value is -1.96. The molecule has 2 heterocycles. The molecule has 0 spiro atoms. The van der Waals surface area contributed by atoms with E-state index in [-0.39, 0.29) is 29.6 Å². The van der Waals surface area contributed by atoms with E-state index in [4.69, 9.17) is 5.11 Å². The van der Waals surface area contributed by atoms with Gasteiger partial charge in [-0.1, -0.05) is 0 Å². The maximum Gasteiger partial charge on any atom is 0.355 e. The Kier molecular flexibility index (Phi) is 4.67. The molecule has 20 heavy (non-hydrogen) atoms. The zero-order chi connectivity index (χ0) is 14.5. The van der Waals surface area contributed by atoms with E-state index in [0.29, 0.717) is 0 Å². The molecule has 1 aliphatic rings. The van der Waals surface area contributed by atoms with Crippen molar-refractivity contribution in [2.24, 2.45) is 0 Å². The molecule has 1 aliphatic heterocycles. The number of rotatable bonds is 5. The van der Waals surface area contributed by atoms with E-state index >= 15 is 0 Å². The first-order valence-corrected chi connectivity index (χ1v) is 7.20. The maximum absolute atomic E-state index is 11.7. The number of hydrogen-bond donors (Lipinski definition) is 2. The average Bonchev–Trinajstić information content (AvgIpc) is 3.09. The summed E-state index contributed by atoms with van der Waals surface area (Å²) in [7, 11) is 0. The monoisotopic (exact) mass is 297 g/mol. The van der Waals surface area contributed by atoms with Crippen molar-refractivity contribution in [2.75, 3.05) is 19.6 Å². The molecule has 0 radical (unpaired) electrons. The predicted octanol–water partition coefficient (Wildman–Crippen LogP) is 0.584. The maximum atomic E-state index is 11.7. The number of nitrogens with one attached hydrogen (secondary N) is 1. The van der Waals surface area contributed by atoms with Gasteiger partial charge in [-0.25, -0.2) is 9.78 Å². The second kappa shape index (κ2) is 6.47. The Balaban J connectivity index is 1.76. The lowest BCUT2D eigenvalue weighted by Crippen LogP contribution is -2.32. The Morgan fingerprint density at radius 1 is 1.35 bits per heavy atom.